The Hall–Kier alpha value is -4.21. The fourth-order valence-corrected chi connectivity index (χ4v) is 3.58. The molecule has 0 spiro atoms. The number of hydrogen-bond acceptors (Lipinski definition) is 6. The topological polar surface area (TPSA) is 118 Å². The zero-order chi connectivity index (χ0) is 22.4. The van der Waals surface area contributed by atoms with E-state index in [1.165, 1.54) is 6.20 Å². The van der Waals surface area contributed by atoms with Crippen molar-refractivity contribution in [1.82, 2.24) is 19.9 Å². The maximum atomic E-state index is 14.7. The number of aromatic amines is 1. The van der Waals surface area contributed by atoms with Crippen molar-refractivity contribution >= 4 is 28.7 Å². The smallest absolute Gasteiger partial charge is 0.251 e. The molecule has 3 N–H and O–H groups in total. The summed E-state index contributed by atoms with van der Waals surface area (Å²) in [4.78, 5) is 42.4. The number of carbonyl (C=O) groups is 2. The number of nitrogens with two attached hydrogens (primary N) is 1. The quantitative estimate of drug-likeness (QED) is 0.467. The number of anilines is 1. The van der Waals surface area contributed by atoms with Gasteiger partial charge in [-0.3, -0.25) is 9.59 Å². The van der Waals surface area contributed by atoms with Gasteiger partial charge in [-0.2, -0.15) is 0 Å². The molecule has 1 aliphatic heterocycles. The van der Waals surface area contributed by atoms with E-state index < -0.39 is 34.5 Å². The summed E-state index contributed by atoms with van der Waals surface area (Å²) in [5.74, 6) is -3.77. The number of pyridine rings is 1. The third-order valence-corrected chi connectivity index (χ3v) is 5.47. The number of aromatic nitrogens is 4. The van der Waals surface area contributed by atoms with E-state index in [4.69, 9.17) is 5.73 Å². The van der Waals surface area contributed by atoms with Gasteiger partial charge in [-0.25, -0.2) is 23.7 Å². The van der Waals surface area contributed by atoms with E-state index in [2.05, 4.69) is 24.8 Å². The van der Waals surface area contributed by atoms with Crippen molar-refractivity contribution in [2.24, 2.45) is 5.73 Å². The van der Waals surface area contributed by atoms with Crippen LogP contribution >= 0.6 is 0 Å². The molecule has 1 aromatic carbocycles. The molecule has 0 aliphatic carbocycles. The van der Waals surface area contributed by atoms with Crippen molar-refractivity contribution in [1.29, 1.82) is 0 Å². The van der Waals surface area contributed by atoms with Gasteiger partial charge in [-0.15, -0.1) is 0 Å². The first-order chi connectivity index (χ1) is 15.4. The number of benzene rings is 1. The van der Waals surface area contributed by atoms with Crippen LogP contribution < -0.4 is 10.6 Å². The molecule has 10 heteroatoms. The van der Waals surface area contributed by atoms with Crippen LogP contribution in [0.2, 0.25) is 0 Å². The third-order valence-electron chi connectivity index (χ3n) is 5.47. The Morgan fingerprint density at radius 2 is 1.72 bits per heavy atom. The monoisotopic (exact) mass is 434 g/mol. The molecule has 0 unspecified atom stereocenters. The van der Waals surface area contributed by atoms with Gasteiger partial charge in [0.1, 0.15) is 17.3 Å². The number of nitrogens with one attached hydrogen (secondary N) is 1. The molecule has 160 valence electrons. The highest BCUT2D eigenvalue weighted by molar-refractivity contribution is 6.17. The van der Waals surface area contributed by atoms with E-state index in [1.807, 2.05) is 0 Å². The van der Waals surface area contributed by atoms with E-state index >= 15 is 0 Å². The van der Waals surface area contributed by atoms with E-state index in [0.717, 1.165) is 31.6 Å². The highest BCUT2D eigenvalue weighted by atomic mass is 19.1. The molecular formula is C22H16F2N6O2. The van der Waals surface area contributed by atoms with Crippen LogP contribution in [0.1, 0.15) is 32.7 Å². The fraction of sp³-hybridized carbons (Fsp3) is 0.136. The highest BCUT2D eigenvalue weighted by Crippen LogP contribution is 2.28. The molecular weight excluding hydrogens is 418 g/mol. The van der Waals surface area contributed by atoms with Crippen molar-refractivity contribution in [3.8, 4) is 11.1 Å². The van der Waals surface area contributed by atoms with Crippen LogP contribution in [0.25, 0.3) is 22.2 Å². The lowest BCUT2D eigenvalue weighted by Gasteiger charge is -2.30. The minimum Gasteiger partial charge on any atom is -0.366 e. The summed E-state index contributed by atoms with van der Waals surface area (Å²) in [5.41, 5.74) is 5.39. The Morgan fingerprint density at radius 3 is 2.38 bits per heavy atom. The fourth-order valence-electron chi connectivity index (χ4n) is 3.58. The number of H-pyrrole nitrogens is 1. The van der Waals surface area contributed by atoms with Crippen LogP contribution in [0.3, 0.4) is 0 Å². The summed E-state index contributed by atoms with van der Waals surface area (Å²) in [6.45, 7) is 1.84. The second-order valence-electron chi connectivity index (χ2n) is 7.41. The minimum absolute atomic E-state index is 0.00638. The Kier molecular flexibility index (Phi) is 4.62. The average Bonchev–Trinajstić information content (AvgIpc) is 3.16. The zero-order valence-corrected chi connectivity index (χ0v) is 16.6. The van der Waals surface area contributed by atoms with Gasteiger partial charge in [0.15, 0.2) is 0 Å². The van der Waals surface area contributed by atoms with Crippen molar-refractivity contribution in [3.63, 3.8) is 0 Å². The van der Waals surface area contributed by atoms with E-state index in [1.54, 1.807) is 24.7 Å². The molecule has 1 aliphatic rings. The van der Waals surface area contributed by atoms with Gasteiger partial charge in [-0.1, -0.05) is 0 Å². The Bertz CT molecular complexity index is 1380. The molecule has 1 amide bonds. The maximum Gasteiger partial charge on any atom is 0.251 e. The van der Waals surface area contributed by atoms with Crippen LogP contribution in [-0.2, 0) is 0 Å². The largest absolute Gasteiger partial charge is 0.366 e. The number of nitrogens with zero attached hydrogens (tertiary/aromatic N) is 4. The van der Waals surface area contributed by atoms with E-state index in [9.17, 15) is 18.4 Å². The highest BCUT2D eigenvalue weighted by Gasteiger charge is 2.26. The second kappa shape index (κ2) is 7.49. The van der Waals surface area contributed by atoms with E-state index in [0.29, 0.717) is 28.1 Å². The molecule has 3 aromatic heterocycles. The third kappa shape index (κ3) is 3.16. The summed E-state index contributed by atoms with van der Waals surface area (Å²) in [5, 5.41) is 0.364. The number of primary amides is 1. The number of fused-ring (bicyclic) bond motifs is 1. The summed E-state index contributed by atoms with van der Waals surface area (Å²) >= 11 is 0. The van der Waals surface area contributed by atoms with Gasteiger partial charge < -0.3 is 15.6 Å². The first-order valence-electron chi connectivity index (χ1n) is 9.81. The van der Waals surface area contributed by atoms with E-state index in [-0.39, 0.29) is 5.56 Å². The van der Waals surface area contributed by atoms with Gasteiger partial charge in [-0.05, 0) is 24.6 Å². The lowest BCUT2D eigenvalue weighted by atomic mass is 9.98. The number of halogens is 2. The number of ketones is 1. The summed E-state index contributed by atoms with van der Waals surface area (Å²) < 4.78 is 29.1. The van der Waals surface area contributed by atoms with Gasteiger partial charge in [0.05, 0.1) is 11.1 Å². The molecule has 1 saturated heterocycles. The molecule has 1 fully saturated rings. The molecule has 0 atom stereocenters. The zero-order valence-electron chi connectivity index (χ0n) is 16.6. The first kappa shape index (κ1) is 19.7. The molecule has 32 heavy (non-hydrogen) atoms. The van der Waals surface area contributed by atoms with Crippen LogP contribution in [0.15, 0.2) is 43.0 Å². The van der Waals surface area contributed by atoms with Gasteiger partial charge in [0, 0.05) is 60.0 Å². The molecule has 0 bridgehead atoms. The maximum absolute atomic E-state index is 14.7. The first-order valence-corrected chi connectivity index (χ1v) is 9.81. The van der Waals surface area contributed by atoms with Gasteiger partial charge in [0.25, 0.3) is 5.91 Å². The average molecular weight is 434 g/mol. The van der Waals surface area contributed by atoms with Gasteiger partial charge in [0.2, 0.25) is 11.7 Å². The molecule has 4 heterocycles. The molecule has 4 aromatic rings. The number of hydrogen-bond donors (Lipinski definition) is 2. The second-order valence-corrected chi connectivity index (χ2v) is 7.41. The van der Waals surface area contributed by atoms with Crippen molar-refractivity contribution < 1.29 is 18.4 Å². The van der Waals surface area contributed by atoms with Crippen molar-refractivity contribution in [2.45, 2.75) is 6.42 Å². The lowest BCUT2D eigenvalue weighted by Crippen LogP contribution is -2.38. The Balaban J connectivity index is 1.55. The summed E-state index contributed by atoms with van der Waals surface area (Å²) in [6, 6.07) is 3.41. The summed E-state index contributed by atoms with van der Waals surface area (Å²) in [7, 11) is 0. The van der Waals surface area contributed by atoms with Gasteiger partial charge >= 0.3 is 0 Å². The predicted octanol–water partition coefficient (Wildman–Crippen LogP) is 2.84. The minimum atomic E-state index is -1.30. The standard InChI is InChI=1S/C22H16F2N6O2/c23-16-3-2-13(20(25)32)18(24)17(16)19(31)15-10-27-21-14(15)6-11(7-26-21)12-8-28-22(29-9-12)30-4-1-5-30/h2-3,6-10H,1,4-5H2,(H2,25,32)(H,26,27). The SMILES string of the molecule is NC(=O)c1ccc(F)c(C(=O)c2c[nH]c3ncc(-c4cnc(N5CCC5)nc4)cc23)c1F. The predicted molar refractivity (Wildman–Crippen MR) is 112 cm³/mol. The lowest BCUT2D eigenvalue weighted by molar-refractivity contribution is 0.0996. The molecule has 0 saturated carbocycles. The van der Waals surface area contributed by atoms with Crippen LogP contribution in [-0.4, -0.2) is 44.7 Å². The molecule has 0 radical (unpaired) electrons. The normalized spacial score (nSPS) is 13.2. The Morgan fingerprint density at radius 1 is 1.00 bits per heavy atom. The van der Waals surface area contributed by atoms with Crippen LogP contribution in [0.5, 0.6) is 0 Å². The van der Waals surface area contributed by atoms with Crippen LogP contribution in [0, 0.1) is 11.6 Å². The molecule has 8 nitrogen and oxygen atoms in total. The van der Waals surface area contributed by atoms with Crippen molar-refractivity contribution in [3.05, 3.63) is 71.3 Å². The molecule has 5 rings (SSSR count). The summed E-state index contributed by atoms with van der Waals surface area (Å²) in [6.07, 6.45) is 7.34. The Labute approximate surface area is 180 Å². The number of amides is 1. The van der Waals surface area contributed by atoms with Crippen molar-refractivity contribution in [2.75, 3.05) is 18.0 Å². The van der Waals surface area contributed by atoms with Crippen LogP contribution in [0.4, 0.5) is 14.7 Å². The number of rotatable bonds is 5. The number of carbonyl (C=O) groups excluding carboxylic acids is 2.